The van der Waals surface area contributed by atoms with Crippen molar-refractivity contribution in [2.24, 2.45) is 0 Å². The Kier molecular flexibility index (Phi) is 5.84. The van der Waals surface area contributed by atoms with Crippen LogP contribution in [0.4, 0.5) is 5.13 Å². The van der Waals surface area contributed by atoms with Crippen LogP contribution in [0.5, 0.6) is 5.75 Å². The van der Waals surface area contributed by atoms with Crippen LogP contribution < -0.4 is 10.1 Å². The van der Waals surface area contributed by atoms with E-state index in [4.69, 9.17) is 16.3 Å². The van der Waals surface area contributed by atoms with E-state index in [1.165, 1.54) is 11.3 Å². The van der Waals surface area contributed by atoms with Crippen molar-refractivity contribution < 1.29 is 9.53 Å². The molecule has 0 spiro atoms. The summed E-state index contributed by atoms with van der Waals surface area (Å²) >= 11 is 8.73. The number of hydrogen-bond acceptors (Lipinski definition) is 6. The van der Waals surface area contributed by atoms with Gasteiger partial charge >= 0.3 is 0 Å². The average molecular weight is 344 g/mol. The van der Waals surface area contributed by atoms with Crippen molar-refractivity contribution in [1.29, 1.82) is 0 Å². The number of benzene rings is 1. The van der Waals surface area contributed by atoms with Gasteiger partial charge in [0.25, 0.3) is 5.91 Å². The molecule has 0 aliphatic rings. The van der Waals surface area contributed by atoms with E-state index in [-0.39, 0.29) is 5.91 Å². The van der Waals surface area contributed by atoms with Crippen LogP contribution in [0.25, 0.3) is 0 Å². The summed E-state index contributed by atoms with van der Waals surface area (Å²) < 4.78 is 6.37. The lowest BCUT2D eigenvalue weighted by Gasteiger charge is -2.13. The molecule has 2 rings (SSSR count). The maximum absolute atomic E-state index is 12.0. The Balaban J connectivity index is 1.90. The number of thioether (sulfide) groups is 1. The molecular formula is C13H14ClN3O2S2. The number of aromatic nitrogens is 2. The fourth-order valence-electron chi connectivity index (χ4n) is 1.42. The van der Waals surface area contributed by atoms with Gasteiger partial charge in [-0.25, -0.2) is 0 Å². The summed E-state index contributed by atoms with van der Waals surface area (Å²) in [7, 11) is 0. The number of halogens is 1. The predicted molar refractivity (Wildman–Crippen MR) is 86.5 cm³/mol. The van der Waals surface area contributed by atoms with Gasteiger partial charge in [0.2, 0.25) is 5.13 Å². The summed E-state index contributed by atoms with van der Waals surface area (Å²) in [5.41, 5.74) is 0. The second kappa shape index (κ2) is 7.63. The van der Waals surface area contributed by atoms with Gasteiger partial charge in [0.15, 0.2) is 10.4 Å². The molecule has 1 heterocycles. The molecule has 1 aromatic heterocycles. The minimum atomic E-state index is -0.641. The highest BCUT2D eigenvalue weighted by Crippen LogP contribution is 2.25. The monoisotopic (exact) mass is 343 g/mol. The maximum Gasteiger partial charge on any atom is 0.266 e. The third kappa shape index (κ3) is 4.87. The maximum atomic E-state index is 12.0. The first kappa shape index (κ1) is 16.1. The third-order valence-electron chi connectivity index (χ3n) is 2.40. The zero-order valence-electron chi connectivity index (χ0n) is 11.5. The molecule has 1 amide bonds. The van der Waals surface area contributed by atoms with Gasteiger partial charge in [-0.05, 0) is 36.9 Å². The lowest BCUT2D eigenvalue weighted by atomic mass is 10.3. The molecule has 0 aliphatic heterocycles. The van der Waals surface area contributed by atoms with Crippen LogP contribution in [0.15, 0.2) is 28.6 Å². The highest BCUT2D eigenvalue weighted by atomic mass is 35.5. The number of nitrogens with zero attached hydrogens (tertiary/aromatic N) is 2. The number of nitrogens with one attached hydrogen (secondary N) is 1. The fourth-order valence-corrected chi connectivity index (χ4v) is 3.20. The summed E-state index contributed by atoms with van der Waals surface area (Å²) in [6.07, 6.45) is -0.641. The van der Waals surface area contributed by atoms with Crippen LogP contribution in [0.1, 0.15) is 13.8 Å². The number of anilines is 1. The zero-order chi connectivity index (χ0) is 15.2. The minimum Gasteiger partial charge on any atom is -0.481 e. The summed E-state index contributed by atoms with van der Waals surface area (Å²) in [6.45, 7) is 3.71. The summed E-state index contributed by atoms with van der Waals surface area (Å²) in [4.78, 5) is 12.0. The summed E-state index contributed by atoms with van der Waals surface area (Å²) in [6, 6.07) is 6.85. The first-order valence-corrected chi connectivity index (χ1v) is 8.46. The van der Waals surface area contributed by atoms with Crippen molar-refractivity contribution in [3.63, 3.8) is 0 Å². The van der Waals surface area contributed by atoms with Crippen molar-refractivity contribution in [3.05, 3.63) is 29.3 Å². The van der Waals surface area contributed by atoms with E-state index in [2.05, 4.69) is 15.5 Å². The first-order chi connectivity index (χ1) is 10.1. The normalized spacial score (nSPS) is 12.0. The molecule has 0 saturated heterocycles. The van der Waals surface area contributed by atoms with E-state index >= 15 is 0 Å². The highest BCUT2D eigenvalue weighted by molar-refractivity contribution is 8.01. The Morgan fingerprint density at radius 3 is 2.81 bits per heavy atom. The zero-order valence-corrected chi connectivity index (χ0v) is 13.9. The van der Waals surface area contributed by atoms with Crippen molar-refractivity contribution in [2.45, 2.75) is 24.3 Å². The Morgan fingerprint density at radius 2 is 2.14 bits per heavy atom. The van der Waals surface area contributed by atoms with Crippen LogP contribution in [-0.2, 0) is 4.79 Å². The average Bonchev–Trinajstić information content (AvgIpc) is 2.89. The Morgan fingerprint density at radius 1 is 1.43 bits per heavy atom. The lowest BCUT2D eigenvalue weighted by Crippen LogP contribution is -2.30. The van der Waals surface area contributed by atoms with Crippen molar-refractivity contribution in [2.75, 3.05) is 11.1 Å². The van der Waals surface area contributed by atoms with Gasteiger partial charge in [-0.2, -0.15) is 0 Å². The van der Waals surface area contributed by atoms with Crippen LogP contribution in [0, 0.1) is 0 Å². The second-order valence-corrected chi connectivity index (χ2v) is 6.93. The Bertz CT molecular complexity index is 604. The molecule has 21 heavy (non-hydrogen) atoms. The molecule has 0 bridgehead atoms. The smallest absolute Gasteiger partial charge is 0.266 e. The Hall–Kier alpha value is -1.31. The number of carbonyl (C=O) groups is 1. The van der Waals surface area contributed by atoms with Gasteiger partial charge < -0.3 is 4.74 Å². The molecule has 8 heteroatoms. The first-order valence-electron chi connectivity index (χ1n) is 6.28. The number of rotatable bonds is 6. The molecule has 1 aromatic carbocycles. The fraction of sp³-hybridized carbons (Fsp3) is 0.308. The molecule has 0 radical (unpaired) electrons. The third-order valence-corrected chi connectivity index (χ3v) is 4.51. The van der Waals surface area contributed by atoms with E-state index in [9.17, 15) is 4.79 Å². The van der Waals surface area contributed by atoms with E-state index in [0.29, 0.717) is 15.9 Å². The highest BCUT2D eigenvalue weighted by Gasteiger charge is 2.17. The van der Waals surface area contributed by atoms with Crippen LogP contribution in [-0.4, -0.2) is 28.0 Å². The van der Waals surface area contributed by atoms with E-state index in [0.717, 1.165) is 10.1 Å². The lowest BCUT2D eigenvalue weighted by molar-refractivity contribution is -0.122. The quantitative estimate of drug-likeness (QED) is 0.640. The molecule has 2 aromatic rings. The van der Waals surface area contributed by atoms with Crippen molar-refractivity contribution in [1.82, 2.24) is 10.2 Å². The van der Waals surface area contributed by atoms with E-state index in [1.807, 2.05) is 6.92 Å². The molecule has 0 saturated carbocycles. The van der Waals surface area contributed by atoms with Gasteiger partial charge in [-0.1, -0.05) is 41.6 Å². The van der Waals surface area contributed by atoms with Crippen molar-refractivity contribution >= 4 is 45.7 Å². The van der Waals surface area contributed by atoms with E-state index < -0.39 is 6.10 Å². The van der Waals surface area contributed by atoms with Gasteiger partial charge in [0.1, 0.15) is 5.75 Å². The second-order valence-electron chi connectivity index (χ2n) is 4.01. The minimum absolute atomic E-state index is 0.269. The van der Waals surface area contributed by atoms with Gasteiger partial charge in [0.05, 0.1) is 0 Å². The topological polar surface area (TPSA) is 64.1 Å². The molecule has 1 atom stereocenters. The predicted octanol–water partition coefficient (Wildman–Crippen LogP) is 3.71. The number of hydrogen-bond donors (Lipinski definition) is 1. The molecular weight excluding hydrogens is 330 g/mol. The standard InChI is InChI=1S/C13H14ClN3O2S2/c1-3-20-13-17-16-12(21-13)15-11(18)8(2)19-10-6-4-9(14)5-7-10/h4-8H,3H2,1-2H3,(H,15,16,18)/t8-/m0/s1. The molecule has 0 unspecified atom stereocenters. The molecule has 112 valence electrons. The van der Waals surface area contributed by atoms with Gasteiger partial charge in [-0.3, -0.25) is 10.1 Å². The van der Waals surface area contributed by atoms with Crippen molar-refractivity contribution in [3.8, 4) is 5.75 Å². The van der Waals surface area contributed by atoms with Crippen LogP contribution in [0.2, 0.25) is 5.02 Å². The number of ether oxygens (including phenoxy) is 1. The van der Waals surface area contributed by atoms with E-state index in [1.54, 1.807) is 43.0 Å². The number of carbonyl (C=O) groups excluding carboxylic acids is 1. The molecule has 1 N–H and O–H groups in total. The summed E-state index contributed by atoms with van der Waals surface area (Å²) in [5.74, 6) is 1.23. The van der Waals surface area contributed by atoms with Crippen LogP contribution >= 0.6 is 34.7 Å². The number of amides is 1. The molecule has 0 aliphatic carbocycles. The van der Waals surface area contributed by atoms with Gasteiger partial charge in [-0.15, -0.1) is 10.2 Å². The largest absolute Gasteiger partial charge is 0.481 e. The SMILES string of the molecule is CCSc1nnc(NC(=O)[C@H](C)Oc2ccc(Cl)cc2)s1. The summed E-state index contributed by atoms with van der Waals surface area (Å²) in [5, 5.41) is 11.7. The molecule has 0 fully saturated rings. The van der Waals surface area contributed by atoms with Crippen LogP contribution in [0.3, 0.4) is 0 Å². The molecule has 5 nitrogen and oxygen atoms in total. The Labute approximate surface area is 136 Å². The van der Waals surface area contributed by atoms with Gasteiger partial charge in [0, 0.05) is 5.02 Å².